The number of nitrogens with one attached hydrogen (secondary N) is 1. The highest BCUT2D eigenvalue weighted by atomic mass is 16.2. The number of benzene rings is 1. The summed E-state index contributed by atoms with van der Waals surface area (Å²) >= 11 is 0. The van der Waals surface area contributed by atoms with Crippen molar-refractivity contribution in [2.45, 2.75) is 25.3 Å². The summed E-state index contributed by atoms with van der Waals surface area (Å²) in [5.74, 6) is 0.988. The number of pyridine rings is 1. The summed E-state index contributed by atoms with van der Waals surface area (Å²) in [7, 11) is 0. The molecule has 8 heteroatoms. The number of hydrogen-bond acceptors (Lipinski definition) is 5. The van der Waals surface area contributed by atoms with Gasteiger partial charge in [0.05, 0.1) is 11.4 Å². The van der Waals surface area contributed by atoms with Crippen LogP contribution in [0.4, 0.5) is 0 Å². The number of aromatic nitrogens is 6. The number of rotatable bonds is 6. The maximum Gasteiger partial charge on any atom is 0.270 e. The zero-order valence-corrected chi connectivity index (χ0v) is 15.6. The van der Waals surface area contributed by atoms with Crippen molar-refractivity contribution >= 4 is 5.91 Å². The van der Waals surface area contributed by atoms with E-state index in [1.54, 1.807) is 21.9 Å². The molecule has 29 heavy (non-hydrogen) atoms. The normalized spacial score (nSPS) is 13.4. The largest absolute Gasteiger partial charge is 0.347 e. The number of para-hydroxylation sites is 1. The van der Waals surface area contributed by atoms with Crippen LogP contribution in [0.5, 0.6) is 0 Å². The van der Waals surface area contributed by atoms with E-state index in [1.807, 2.05) is 48.5 Å². The molecule has 3 aromatic heterocycles. The summed E-state index contributed by atoms with van der Waals surface area (Å²) in [4.78, 5) is 21.2. The van der Waals surface area contributed by atoms with Gasteiger partial charge in [-0.05, 0) is 42.7 Å². The highest BCUT2D eigenvalue weighted by Gasteiger charge is 2.29. The standard InChI is InChI=1S/C21H19N7O/c29-21(24-12-15-6-9-20(23-11-15)27-14-22-13-25-27)19-10-18(16-7-8-16)26-28(19)17-4-2-1-3-5-17/h1-6,9-11,13-14,16H,7-8,12H2,(H,24,29). The molecular weight excluding hydrogens is 366 g/mol. The lowest BCUT2D eigenvalue weighted by Crippen LogP contribution is -2.25. The Hall–Kier alpha value is -3.81. The Labute approximate surface area is 167 Å². The van der Waals surface area contributed by atoms with E-state index in [2.05, 4.69) is 25.5 Å². The van der Waals surface area contributed by atoms with Crippen molar-refractivity contribution in [1.82, 2.24) is 34.8 Å². The SMILES string of the molecule is O=C(NCc1ccc(-n2cncn2)nc1)c1cc(C2CC2)nn1-c1ccccc1. The molecular formula is C21H19N7O. The fourth-order valence-corrected chi connectivity index (χ4v) is 3.16. The van der Waals surface area contributed by atoms with Gasteiger partial charge in [-0.1, -0.05) is 24.3 Å². The van der Waals surface area contributed by atoms with Gasteiger partial charge in [0.1, 0.15) is 18.3 Å². The lowest BCUT2D eigenvalue weighted by atomic mass is 10.2. The number of nitrogens with zero attached hydrogens (tertiary/aromatic N) is 6. The second kappa shape index (κ2) is 7.31. The molecule has 4 aromatic rings. The maximum absolute atomic E-state index is 12.9. The summed E-state index contributed by atoms with van der Waals surface area (Å²) < 4.78 is 3.31. The molecule has 8 nitrogen and oxygen atoms in total. The number of carbonyl (C=O) groups excluding carboxylic acids is 1. The molecule has 0 bridgehead atoms. The van der Waals surface area contributed by atoms with Crippen LogP contribution in [0.2, 0.25) is 0 Å². The maximum atomic E-state index is 12.9. The molecule has 0 spiro atoms. The van der Waals surface area contributed by atoms with Gasteiger partial charge in [0.15, 0.2) is 5.82 Å². The lowest BCUT2D eigenvalue weighted by Gasteiger charge is -2.08. The average Bonchev–Trinajstić information content (AvgIpc) is 3.29. The molecule has 144 valence electrons. The minimum absolute atomic E-state index is 0.159. The van der Waals surface area contributed by atoms with Gasteiger partial charge >= 0.3 is 0 Å². The molecule has 1 fully saturated rings. The average molecular weight is 385 g/mol. The van der Waals surface area contributed by atoms with Crippen LogP contribution in [0.1, 0.15) is 40.5 Å². The topological polar surface area (TPSA) is 90.5 Å². The molecule has 0 atom stereocenters. The van der Waals surface area contributed by atoms with Gasteiger partial charge in [-0.25, -0.2) is 19.3 Å². The van der Waals surface area contributed by atoms with Gasteiger partial charge < -0.3 is 5.32 Å². The minimum Gasteiger partial charge on any atom is -0.347 e. The second-order valence-corrected chi connectivity index (χ2v) is 7.02. The fraction of sp³-hybridized carbons (Fsp3) is 0.190. The van der Waals surface area contributed by atoms with Crippen LogP contribution in [0.3, 0.4) is 0 Å². The van der Waals surface area contributed by atoms with Crippen LogP contribution in [-0.4, -0.2) is 35.4 Å². The third-order valence-electron chi connectivity index (χ3n) is 4.87. The van der Waals surface area contributed by atoms with Crippen molar-refractivity contribution in [1.29, 1.82) is 0 Å². The van der Waals surface area contributed by atoms with Crippen molar-refractivity contribution in [2.75, 3.05) is 0 Å². The lowest BCUT2D eigenvalue weighted by molar-refractivity contribution is 0.0943. The summed E-state index contributed by atoms with van der Waals surface area (Å²) in [5.41, 5.74) is 3.31. The third-order valence-corrected chi connectivity index (χ3v) is 4.87. The smallest absolute Gasteiger partial charge is 0.270 e. The molecule has 1 N–H and O–H groups in total. The molecule has 0 saturated heterocycles. The summed E-state index contributed by atoms with van der Waals surface area (Å²) in [5, 5.41) is 11.7. The van der Waals surface area contributed by atoms with Crippen LogP contribution in [0.15, 0.2) is 67.4 Å². The number of hydrogen-bond donors (Lipinski definition) is 1. The number of amides is 1. The van der Waals surface area contributed by atoms with E-state index in [-0.39, 0.29) is 5.91 Å². The number of carbonyl (C=O) groups is 1. The van der Waals surface area contributed by atoms with E-state index in [9.17, 15) is 4.79 Å². The molecule has 0 radical (unpaired) electrons. The van der Waals surface area contributed by atoms with E-state index >= 15 is 0 Å². The molecule has 5 rings (SSSR count). The van der Waals surface area contributed by atoms with E-state index < -0.39 is 0 Å². The Kier molecular flexibility index (Phi) is 4.36. The summed E-state index contributed by atoms with van der Waals surface area (Å²) in [6.45, 7) is 0.377. The van der Waals surface area contributed by atoms with Crippen LogP contribution < -0.4 is 5.32 Å². The molecule has 1 amide bonds. The van der Waals surface area contributed by atoms with Crippen molar-refractivity contribution in [3.8, 4) is 11.5 Å². The highest BCUT2D eigenvalue weighted by Crippen LogP contribution is 2.39. The monoisotopic (exact) mass is 385 g/mol. The second-order valence-electron chi connectivity index (χ2n) is 7.02. The van der Waals surface area contributed by atoms with Gasteiger partial charge in [0, 0.05) is 18.7 Å². The molecule has 1 saturated carbocycles. The van der Waals surface area contributed by atoms with Crippen molar-refractivity contribution in [3.63, 3.8) is 0 Å². The van der Waals surface area contributed by atoms with E-state index in [1.165, 1.54) is 6.33 Å². The molecule has 1 aliphatic rings. The molecule has 0 aliphatic heterocycles. The highest BCUT2D eigenvalue weighted by molar-refractivity contribution is 5.93. The van der Waals surface area contributed by atoms with E-state index in [4.69, 9.17) is 0 Å². The first-order chi connectivity index (χ1) is 14.3. The van der Waals surface area contributed by atoms with Gasteiger partial charge in [0.2, 0.25) is 0 Å². The van der Waals surface area contributed by atoms with Crippen LogP contribution in [0, 0.1) is 0 Å². The van der Waals surface area contributed by atoms with Crippen molar-refractivity contribution in [2.24, 2.45) is 0 Å². The predicted molar refractivity (Wildman–Crippen MR) is 106 cm³/mol. The van der Waals surface area contributed by atoms with Gasteiger partial charge in [0.25, 0.3) is 5.91 Å². The molecule has 3 heterocycles. The van der Waals surface area contributed by atoms with Crippen LogP contribution in [-0.2, 0) is 6.54 Å². The summed E-state index contributed by atoms with van der Waals surface area (Å²) in [6, 6.07) is 15.4. The summed E-state index contributed by atoms with van der Waals surface area (Å²) in [6.07, 6.45) is 7.04. The molecule has 1 aliphatic carbocycles. The van der Waals surface area contributed by atoms with Gasteiger partial charge in [-0.3, -0.25) is 4.79 Å². The minimum atomic E-state index is -0.159. The predicted octanol–water partition coefficient (Wildman–Crippen LogP) is 2.66. The Morgan fingerprint density at radius 1 is 1.14 bits per heavy atom. The Bertz CT molecular complexity index is 1110. The fourth-order valence-electron chi connectivity index (χ4n) is 3.16. The molecule has 0 unspecified atom stereocenters. The zero-order chi connectivity index (χ0) is 19.6. The first-order valence-corrected chi connectivity index (χ1v) is 9.51. The van der Waals surface area contributed by atoms with Gasteiger partial charge in [-0.15, -0.1) is 0 Å². The van der Waals surface area contributed by atoms with Crippen molar-refractivity contribution in [3.05, 3.63) is 84.3 Å². The molecule has 1 aromatic carbocycles. The Balaban J connectivity index is 1.33. The van der Waals surface area contributed by atoms with Crippen molar-refractivity contribution < 1.29 is 4.79 Å². The quantitative estimate of drug-likeness (QED) is 0.551. The Morgan fingerprint density at radius 3 is 2.69 bits per heavy atom. The van der Waals surface area contributed by atoms with E-state index in [0.717, 1.165) is 29.8 Å². The first kappa shape index (κ1) is 17.3. The Morgan fingerprint density at radius 2 is 2.00 bits per heavy atom. The van der Waals surface area contributed by atoms with E-state index in [0.29, 0.717) is 24.0 Å². The van der Waals surface area contributed by atoms with Gasteiger partial charge in [-0.2, -0.15) is 10.2 Å². The zero-order valence-electron chi connectivity index (χ0n) is 15.6. The first-order valence-electron chi connectivity index (χ1n) is 9.51. The third kappa shape index (κ3) is 3.64. The van der Waals surface area contributed by atoms with Crippen LogP contribution in [0.25, 0.3) is 11.5 Å². The van der Waals surface area contributed by atoms with Crippen LogP contribution >= 0.6 is 0 Å².